The summed E-state index contributed by atoms with van der Waals surface area (Å²) in [6.07, 6.45) is 3.48. The predicted molar refractivity (Wildman–Crippen MR) is 111 cm³/mol. The van der Waals surface area contributed by atoms with Gasteiger partial charge in [0.15, 0.2) is 0 Å². The van der Waals surface area contributed by atoms with Crippen molar-refractivity contribution < 1.29 is 9.32 Å². The number of benzene rings is 1. The van der Waals surface area contributed by atoms with E-state index in [1.165, 1.54) is 5.56 Å². The van der Waals surface area contributed by atoms with Crippen LogP contribution in [0.3, 0.4) is 0 Å². The minimum atomic E-state index is 0.239. The normalized spacial score (nSPS) is 17.0. The van der Waals surface area contributed by atoms with Gasteiger partial charge in [-0.15, -0.1) is 0 Å². The minimum Gasteiger partial charge on any atom is -0.343 e. The number of hydrogen-bond acceptors (Lipinski definition) is 4. The van der Waals surface area contributed by atoms with Crippen molar-refractivity contribution in [3.63, 3.8) is 0 Å². The van der Waals surface area contributed by atoms with Gasteiger partial charge in [0.25, 0.3) is 0 Å². The standard InChI is InChI=1S/C23H33N3O2/c1-16-6-8-18(9-7-16)21-24-22(28-25-21)19-10-12-26(13-11-19)20(27)14-17(2)15-23(3,4)5/h6-9,17,19H,10-15H2,1-5H3. The first kappa shape index (κ1) is 20.6. The first-order chi connectivity index (χ1) is 13.2. The van der Waals surface area contributed by atoms with E-state index in [-0.39, 0.29) is 17.2 Å². The number of carbonyl (C=O) groups excluding carboxylic acids is 1. The molecule has 152 valence electrons. The molecular formula is C23H33N3O2. The van der Waals surface area contributed by atoms with Crippen LogP contribution in [0.2, 0.25) is 0 Å². The zero-order chi connectivity index (χ0) is 20.3. The highest BCUT2D eigenvalue weighted by Gasteiger charge is 2.28. The Morgan fingerprint density at radius 3 is 2.46 bits per heavy atom. The molecule has 1 aromatic heterocycles. The lowest BCUT2D eigenvalue weighted by Gasteiger charge is -2.32. The van der Waals surface area contributed by atoms with E-state index in [2.05, 4.69) is 56.9 Å². The van der Waals surface area contributed by atoms with E-state index < -0.39 is 0 Å². The number of nitrogens with zero attached hydrogens (tertiary/aromatic N) is 3. The molecule has 0 radical (unpaired) electrons. The summed E-state index contributed by atoms with van der Waals surface area (Å²) in [6.45, 7) is 12.5. The molecule has 28 heavy (non-hydrogen) atoms. The number of rotatable bonds is 5. The second kappa shape index (κ2) is 8.46. The van der Waals surface area contributed by atoms with Crippen LogP contribution in [0.1, 0.15) is 70.8 Å². The maximum absolute atomic E-state index is 12.6. The van der Waals surface area contributed by atoms with E-state index in [0.717, 1.165) is 37.9 Å². The van der Waals surface area contributed by atoms with E-state index in [1.807, 2.05) is 17.0 Å². The molecule has 0 saturated carbocycles. The van der Waals surface area contributed by atoms with Gasteiger partial charge in [0, 0.05) is 31.0 Å². The molecular weight excluding hydrogens is 350 g/mol. The van der Waals surface area contributed by atoms with Crippen molar-refractivity contribution in [3.05, 3.63) is 35.7 Å². The largest absolute Gasteiger partial charge is 0.343 e. The second-order valence-electron chi connectivity index (χ2n) is 9.55. The summed E-state index contributed by atoms with van der Waals surface area (Å²) >= 11 is 0. The number of piperidine rings is 1. The summed E-state index contributed by atoms with van der Waals surface area (Å²) in [5, 5.41) is 4.15. The molecule has 1 amide bonds. The Labute approximate surface area is 168 Å². The zero-order valence-corrected chi connectivity index (χ0v) is 17.9. The third kappa shape index (κ3) is 5.43. The molecule has 1 saturated heterocycles. The Morgan fingerprint density at radius 1 is 1.21 bits per heavy atom. The van der Waals surface area contributed by atoms with Gasteiger partial charge in [-0.25, -0.2) is 0 Å². The van der Waals surface area contributed by atoms with E-state index in [9.17, 15) is 4.79 Å². The van der Waals surface area contributed by atoms with Crippen LogP contribution in [0.4, 0.5) is 0 Å². The Balaban J connectivity index is 1.53. The van der Waals surface area contributed by atoms with Crippen molar-refractivity contribution in [2.75, 3.05) is 13.1 Å². The zero-order valence-electron chi connectivity index (χ0n) is 17.9. The van der Waals surface area contributed by atoms with E-state index in [1.54, 1.807) is 0 Å². The number of amides is 1. The molecule has 0 N–H and O–H groups in total. The van der Waals surface area contributed by atoms with Gasteiger partial charge < -0.3 is 9.42 Å². The van der Waals surface area contributed by atoms with Crippen LogP contribution < -0.4 is 0 Å². The molecule has 5 heteroatoms. The molecule has 1 aromatic carbocycles. The average Bonchev–Trinajstić information content (AvgIpc) is 3.11. The monoisotopic (exact) mass is 383 g/mol. The van der Waals surface area contributed by atoms with Crippen LogP contribution >= 0.6 is 0 Å². The van der Waals surface area contributed by atoms with Gasteiger partial charge in [-0.05, 0) is 37.5 Å². The van der Waals surface area contributed by atoms with Crippen LogP contribution in [0.15, 0.2) is 28.8 Å². The maximum atomic E-state index is 12.6. The fourth-order valence-corrected chi connectivity index (χ4v) is 4.14. The van der Waals surface area contributed by atoms with Gasteiger partial charge in [-0.2, -0.15) is 4.98 Å². The number of carbonyl (C=O) groups is 1. The van der Waals surface area contributed by atoms with Crippen molar-refractivity contribution in [2.45, 2.75) is 66.2 Å². The quantitative estimate of drug-likeness (QED) is 0.711. The SMILES string of the molecule is Cc1ccc(-c2noc(C3CCN(C(=O)CC(C)CC(C)(C)C)CC3)n2)cc1. The fraction of sp³-hybridized carbons (Fsp3) is 0.609. The fourth-order valence-electron chi connectivity index (χ4n) is 4.14. The van der Waals surface area contributed by atoms with Crippen molar-refractivity contribution in [1.82, 2.24) is 15.0 Å². The van der Waals surface area contributed by atoms with Crippen LogP contribution in [-0.4, -0.2) is 34.0 Å². The Bertz CT molecular complexity index is 781. The summed E-state index contributed by atoms with van der Waals surface area (Å²) < 4.78 is 5.54. The summed E-state index contributed by atoms with van der Waals surface area (Å²) in [4.78, 5) is 19.2. The highest BCUT2D eigenvalue weighted by molar-refractivity contribution is 5.76. The summed E-state index contributed by atoms with van der Waals surface area (Å²) in [6, 6.07) is 8.14. The first-order valence-corrected chi connectivity index (χ1v) is 10.4. The number of likely N-dealkylation sites (tertiary alicyclic amines) is 1. The maximum Gasteiger partial charge on any atom is 0.230 e. The molecule has 2 heterocycles. The number of aromatic nitrogens is 2. The smallest absolute Gasteiger partial charge is 0.230 e. The van der Waals surface area contributed by atoms with Crippen LogP contribution in [0, 0.1) is 18.3 Å². The lowest BCUT2D eigenvalue weighted by molar-refractivity contribution is -0.133. The van der Waals surface area contributed by atoms with Gasteiger partial charge in [0.05, 0.1) is 0 Å². The predicted octanol–water partition coefficient (Wildman–Crippen LogP) is 5.21. The van der Waals surface area contributed by atoms with Crippen LogP contribution in [0.25, 0.3) is 11.4 Å². The lowest BCUT2D eigenvalue weighted by atomic mass is 9.84. The highest BCUT2D eigenvalue weighted by atomic mass is 16.5. The molecule has 1 fully saturated rings. The molecule has 3 rings (SSSR count). The minimum absolute atomic E-state index is 0.239. The third-order valence-corrected chi connectivity index (χ3v) is 5.43. The van der Waals surface area contributed by atoms with E-state index >= 15 is 0 Å². The van der Waals surface area contributed by atoms with Gasteiger partial charge in [0.1, 0.15) is 0 Å². The number of hydrogen-bond donors (Lipinski definition) is 0. The molecule has 0 spiro atoms. The molecule has 1 atom stereocenters. The second-order valence-corrected chi connectivity index (χ2v) is 9.55. The van der Waals surface area contributed by atoms with Gasteiger partial charge in [-0.3, -0.25) is 4.79 Å². The Kier molecular flexibility index (Phi) is 6.21. The van der Waals surface area contributed by atoms with Crippen molar-refractivity contribution in [2.24, 2.45) is 11.3 Å². The van der Waals surface area contributed by atoms with Crippen molar-refractivity contribution in [1.29, 1.82) is 0 Å². The molecule has 1 unspecified atom stereocenters. The Hall–Kier alpha value is -2.17. The molecule has 1 aliphatic rings. The molecule has 0 bridgehead atoms. The molecule has 0 aliphatic carbocycles. The van der Waals surface area contributed by atoms with Crippen LogP contribution in [0.5, 0.6) is 0 Å². The molecule has 1 aliphatic heterocycles. The van der Waals surface area contributed by atoms with E-state index in [4.69, 9.17) is 4.52 Å². The first-order valence-electron chi connectivity index (χ1n) is 10.4. The van der Waals surface area contributed by atoms with Gasteiger partial charge in [0.2, 0.25) is 17.6 Å². The van der Waals surface area contributed by atoms with Crippen LogP contribution in [-0.2, 0) is 4.79 Å². The summed E-state index contributed by atoms with van der Waals surface area (Å²) in [5.74, 6) is 2.27. The molecule has 2 aromatic rings. The highest BCUT2D eigenvalue weighted by Crippen LogP contribution is 2.30. The average molecular weight is 384 g/mol. The Morgan fingerprint density at radius 2 is 1.86 bits per heavy atom. The molecule has 5 nitrogen and oxygen atoms in total. The lowest BCUT2D eigenvalue weighted by Crippen LogP contribution is -2.38. The third-order valence-electron chi connectivity index (χ3n) is 5.43. The summed E-state index contributed by atoms with van der Waals surface area (Å²) in [5.41, 5.74) is 2.45. The van der Waals surface area contributed by atoms with Crippen molar-refractivity contribution >= 4 is 5.91 Å². The van der Waals surface area contributed by atoms with Gasteiger partial charge in [-0.1, -0.05) is 62.7 Å². The van der Waals surface area contributed by atoms with Crippen molar-refractivity contribution in [3.8, 4) is 11.4 Å². The summed E-state index contributed by atoms with van der Waals surface area (Å²) in [7, 11) is 0. The van der Waals surface area contributed by atoms with Gasteiger partial charge >= 0.3 is 0 Å². The van der Waals surface area contributed by atoms with E-state index in [0.29, 0.717) is 24.1 Å². The number of aryl methyl sites for hydroxylation is 1. The topological polar surface area (TPSA) is 59.2 Å².